The van der Waals surface area contributed by atoms with Gasteiger partial charge in [0.2, 0.25) is 11.5 Å². The number of aromatic amines is 1. The highest BCUT2D eigenvalue weighted by Crippen LogP contribution is 2.25. The van der Waals surface area contributed by atoms with Crippen LogP contribution in [-0.4, -0.2) is 32.1 Å². The van der Waals surface area contributed by atoms with E-state index in [1.807, 2.05) is 19.1 Å². The number of aryl methyl sites for hydroxylation is 1. The van der Waals surface area contributed by atoms with Crippen LogP contribution < -0.4 is 22.3 Å². The van der Waals surface area contributed by atoms with E-state index >= 15 is 0 Å². The van der Waals surface area contributed by atoms with Crippen LogP contribution in [-0.2, 0) is 17.9 Å². The number of nitrogens with zero attached hydrogens (tertiary/aromatic N) is 4. The summed E-state index contributed by atoms with van der Waals surface area (Å²) in [6.07, 6.45) is -0.00167. The van der Waals surface area contributed by atoms with Crippen molar-refractivity contribution in [2.45, 2.75) is 26.4 Å². The fourth-order valence-electron chi connectivity index (χ4n) is 3.31. The highest BCUT2D eigenvalue weighted by atomic mass is 35.5. The molecule has 0 radical (unpaired) electrons. The maximum atomic E-state index is 13.3. The minimum atomic E-state index is -0.635. The number of rotatable bonds is 6. The molecule has 2 aromatic carbocycles. The molecule has 0 fully saturated rings. The second-order valence-electron chi connectivity index (χ2n) is 7.32. The quantitative estimate of drug-likeness (QED) is 0.437. The van der Waals surface area contributed by atoms with Gasteiger partial charge in [-0.05, 0) is 42.8 Å². The van der Waals surface area contributed by atoms with Crippen LogP contribution in [0.15, 0.2) is 57.0 Å². The summed E-state index contributed by atoms with van der Waals surface area (Å²) in [5, 5.41) is 4.00. The maximum Gasteiger partial charge on any atom is 0.335 e. The Morgan fingerprint density at radius 3 is 2.67 bits per heavy atom. The summed E-state index contributed by atoms with van der Waals surface area (Å²) >= 11 is 7.52. The van der Waals surface area contributed by atoms with Crippen LogP contribution >= 0.6 is 22.9 Å². The summed E-state index contributed by atoms with van der Waals surface area (Å²) in [4.78, 5) is 49.3. The minimum Gasteiger partial charge on any atom is -0.359 e. The van der Waals surface area contributed by atoms with Crippen LogP contribution in [0.3, 0.4) is 0 Å². The molecule has 0 spiro atoms. The number of hydrogen-bond donors (Lipinski definition) is 2. The molecule has 0 atom stereocenters. The number of aromatic nitrogens is 4. The normalized spacial score (nSPS) is 11.8. The van der Waals surface area contributed by atoms with Crippen LogP contribution in [0.5, 0.6) is 0 Å². The van der Waals surface area contributed by atoms with E-state index in [0.29, 0.717) is 10.7 Å². The molecular weight excluding hydrogens is 464 g/mol. The minimum absolute atomic E-state index is 0.00167. The smallest absolute Gasteiger partial charge is 0.335 e. The lowest BCUT2D eigenvalue weighted by Gasteiger charge is -2.11. The maximum absolute atomic E-state index is 13.3. The van der Waals surface area contributed by atoms with Crippen molar-refractivity contribution in [3.05, 3.63) is 84.6 Å². The third-order valence-corrected chi connectivity index (χ3v) is 6.18. The first-order valence-electron chi connectivity index (χ1n) is 10.1. The van der Waals surface area contributed by atoms with Crippen LogP contribution in [0.4, 0.5) is 5.69 Å². The van der Waals surface area contributed by atoms with Gasteiger partial charge < -0.3 is 5.32 Å². The molecule has 0 aliphatic rings. The Labute approximate surface area is 197 Å². The molecule has 0 bridgehead atoms. The van der Waals surface area contributed by atoms with Crippen molar-refractivity contribution in [2.24, 2.45) is 4.99 Å². The number of halogens is 1. The molecule has 4 rings (SSSR count). The Kier molecular flexibility index (Phi) is 6.57. The van der Waals surface area contributed by atoms with Gasteiger partial charge in [0, 0.05) is 25.0 Å². The van der Waals surface area contributed by atoms with E-state index in [-0.39, 0.29) is 31.0 Å². The first-order chi connectivity index (χ1) is 15.8. The molecule has 2 aromatic heterocycles. The number of carbonyl (C=O) groups excluding carboxylic acids is 1. The molecule has 2 N–H and O–H groups in total. The molecule has 0 saturated carbocycles. The van der Waals surface area contributed by atoms with Crippen molar-refractivity contribution in [1.29, 1.82) is 0 Å². The molecule has 9 nitrogen and oxygen atoms in total. The number of amides is 1. The third-order valence-electron chi connectivity index (χ3n) is 4.99. The van der Waals surface area contributed by atoms with Gasteiger partial charge in [0.1, 0.15) is 0 Å². The van der Waals surface area contributed by atoms with Gasteiger partial charge in [0.15, 0.2) is 0 Å². The van der Waals surface area contributed by atoms with Gasteiger partial charge in [-0.3, -0.25) is 14.3 Å². The monoisotopic (exact) mass is 484 g/mol. The largest absolute Gasteiger partial charge is 0.359 e. The number of benzene rings is 2. The molecule has 11 heteroatoms. The second-order valence-corrected chi connectivity index (χ2v) is 8.99. The second kappa shape index (κ2) is 9.55. The Bertz CT molecular complexity index is 1510. The van der Waals surface area contributed by atoms with E-state index in [1.165, 1.54) is 23.0 Å². The van der Waals surface area contributed by atoms with Gasteiger partial charge in [-0.15, -0.1) is 11.3 Å². The number of thiazole rings is 1. The average molecular weight is 485 g/mol. The number of fused-ring (bicyclic) bond motifs is 1. The van der Waals surface area contributed by atoms with Crippen LogP contribution in [0.2, 0.25) is 5.02 Å². The first-order valence-corrected chi connectivity index (χ1v) is 11.3. The highest BCUT2D eigenvalue weighted by molar-refractivity contribution is 7.18. The predicted molar refractivity (Wildman–Crippen MR) is 128 cm³/mol. The van der Waals surface area contributed by atoms with Gasteiger partial charge in [-0.2, -0.15) is 0 Å². The number of H-pyrrole nitrogens is 1. The molecule has 0 unspecified atom stereocenters. The number of nitrogens with one attached hydrogen (secondary N) is 2. The molecule has 1 amide bonds. The Balaban J connectivity index is 1.85. The van der Waals surface area contributed by atoms with Crippen molar-refractivity contribution in [1.82, 2.24) is 24.4 Å². The zero-order valence-electron chi connectivity index (χ0n) is 18.0. The Morgan fingerprint density at radius 2 is 1.94 bits per heavy atom. The van der Waals surface area contributed by atoms with Crippen molar-refractivity contribution in [2.75, 3.05) is 7.05 Å². The summed E-state index contributed by atoms with van der Waals surface area (Å²) in [5.74, 6) is -0.271. The fourth-order valence-corrected chi connectivity index (χ4v) is 4.30. The van der Waals surface area contributed by atoms with Gasteiger partial charge >= 0.3 is 11.4 Å². The lowest BCUT2D eigenvalue weighted by Crippen LogP contribution is -2.50. The van der Waals surface area contributed by atoms with Crippen LogP contribution in [0, 0.1) is 6.92 Å². The summed E-state index contributed by atoms with van der Waals surface area (Å²) in [6.45, 7) is 2.03. The summed E-state index contributed by atoms with van der Waals surface area (Å²) in [7, 11) is 1.50. The molecule has 2 heterocycles. The van der Waals surface area contributed by atoms with Crippen LogP contribution in [0.1, 0.15) is 17.0 Å². The first kappa shape index (κ1) is 22.7. The molecule has 4 aromatic rings. The zero-order chi connectivity index (χ0) is 23.5. The van der Waals surface area contributed by atoms with E-state index < -0.39 is 11.4 Å². The molecule has 0 saturated heterocycles. The third kappa shape index (κ3) is 5.12. The summed E-state index contributed by atoms with van der Waals surface area (Å²) in [6, 6.07) is 12.5. The van der Waals surface area contributed by atoms with Gasteiger partial charge in [0.05, 0.1) is 27.5 Å². The van der Waals surface area contributed by atoms with Crippen LogP contribution in [0.25, 0.3) is 10.2 Å². The van der Waals surface area contributed by atoms with E-state index in [2.05, 4.69) is 20.3 Å². The summed E-state index contributed by atoms with van der Waals surface area (Å²) < 4.78 is 3.33. The predicted octanol–water partition coefficient (Wildman–Crippen LogP) is 2.33. The lowest BCUT2D eigenvalue weighted by atomic mass is 10.2. The van der Waals surface area contributed by atoms with Crippen molar-refractivity contribution < 1.29 is 4.79 Å². The standard InChI is InChI=1S/C22H21ClN6O3S/c1-13-25-17-8-7-16(11-18(17)33-13)26-20-27-21(31)28(10-9-19(30)24-2)22(32)29(20)12-14-3-5-15(23)6-4-14/h3-8,11H,9-10,12H2,1-2H3,(H,24,30)(H,26,27,31). The zero-order valence-corrected chi connectivity index (χ0v) is 19.5. The molecule has 0 aliphatic heterocycles. The van der Waals surface area contributed by atoms with Crippen molar-refractivity contribution >= 4 is 44.7 Å². The molecule has 170 valence electrons. The van der Waals surface area contributed by atoms with E-state index in [0.717, 1.165) is 25.4 Å². The Hall–Kier alpha value is -3.50. The SMILES string of the molecule is CNC(=O)CCn1c(=O)[nH]/c(=N\c2ccc3nc(C)sc3c2)n(Cc2ccc(Cl)cc2)c1=O. The Morgan fingerprint density at radius 1 is 1.18 bits per heavy atom. The fraction of sp³-hybridized carbons (Fsp3) is 0.227. The topological polar surface area (TPSA) is 114 Å². The van der Waals surface area contributed by atoms with Crippen molar-refractivity contribution in [3.63, 3.8) is 0 Å². The number of hydrogen-bond acceptors (Lipinski definition) is 6. The van der Waals surface area contributed by atoms with E-state index in [9.17, 15) is 14.4 Å². The molecular formula is C22H21ClN6O3S. The molecule has 0 aliphatic carbocycles. The van der Waals surface area contributed by atoms with Gasteiger partial charge in [0.25, 0.3) is 0 Å². The molecule has 33 heavy (non-hydrogen) atoms. The van der Waals surface area contributed by atoms with E-state index in [1.54, 1.807) is 30.3 Å². The summed E-state index contributed by atoms with van der Waals surface area (Å²) in [5.41, 5.74) is 1.15. The number of carbonyl (C=O) groups is 1. The highest BCUT2D eigenvalue weighted by Gasteiger charge is 2.12. The van der Waals surface area contributed by atoms with Gasteiger partial charge in [-0.1, -0.05) is 23.7 Å². The lowest BCUT2D eigenvalue weighted by molar-refractivity contribution is -0.120. The van der Waals surface area contributed by atoms with E-state index in [4.69, 9.17) is 11.6 Å². The average Bonchev–Trinajstić information content (AvgIpc) is 3.16. The van der Waals surface area contributed by atoms with Gasteiger partial charge in [-0.25, -0.2) is 24.1 Å². The van der Waals surface area contributed by atoms with Crippen molar-refractivity contribution in [3.8, 4) is 0 Å².